The van der Waals surface area contributed by atoms with Crippen LogP contribution in [0.4, 0.5) is 21.5 Å². The number of benzene rings is 2. The molecule has 0 aliphatic carbocycles. The highest BCUT2D eigenvalue weighted by molar-refractivity contribution is 5.82. The van der Waals surface area contributed by atoms with Crippen molar-refractivity contribution in [2.24, 2.45) is 4.99 Å². The summed E-state index contributed by atoms with van der Waals surface area (Å²) in [7, 11) is 0. The number of rotatable bonds is 3. The van der Waals surface area contributed by atoms with Gasteiger partial charge in [-0.3, -0.25) is 15.1 Å². The van der Waals surface area contributed by atoms with E-state index in [2.05, 4.69) is 4.99 Å². The fourth-order valence-corrected chi connectivity index (χ4v) is 1.47. The highest BCUT2D eigenvalue weighted by Crippen LogP contribution is 2.26. The third kappa shape index (κ3) is 4.68. The van der Waals surface area contributed by atoms with Crippen LogP contribution < -0.4 is 5.73 Å². The number of nitrogens with zero attached hydrogens (tertiary/aromatic N) is 2. The minimum absolute atomic E-state index is 0.0886. The molecule has 0 aliphatic heterocycles. The molecule has 0 saturated heterocycles. The summed E-state index contributed by atoms with van der Waals surface area (Å²) in [5.74, 6) is -0.333. The number of halogens is 1. The van der Waals surface area contributed by atoms with Crippen LogP contribution in [-0.2, 0) is 0 Å². The fraction of sp³-hybridized carbons (Fsp3) is 0.133. The van der Waals surface area contributed by atoms with E-state index in [-0.39, 0.29) is 17.2 Å². The smallest absolute Gasteiger partial charge is 0.294 e. The van der Waals surface area contributed by atoms with Crippen molar-refractivity contribution >= 4 is 23.3 Å². The Morgan fingerprint density at radius 2 is 1.81 bits per heavy atom. The van der Waals surface area contributed by atoms with Gasteiger partial charge in [-0.05, 0) is 29.8 Å². The molecule has 0 unspecified atom stereocenters. The molecule has 0 amide bonds. The van der Waals surface area contributed by atoms with Crippen molar-refractivity contribution in [2.75, 3.05) is 5.73 Å². The van der Waals surface area contributed by atoms with Gasteiger partial charge in [-0.15, -0.1) is 0 Å². The Bertz CT molecular complexity index is 640. The summed E-state index contributed by atoms with van der Waals surface area (Å²) < 4.78 is 12.7. The topological polar surface area (TPSA) is 81.5 Å². The van der Waals surface area contributed by atoms with E-state index < -0.39 is 4.92 Å². The van der Waals surface area contributed by atoms with E-state index in [1.54, 1.807) is 18.2 Å². The molecule has 110 valence electrons. The van der Waals surface area contributed by atoms with E-state index in [9.17, 15) is 14.5 Å². The predicted molar refractivity (Wildman–Crippen MR) is 82.5 cm³/mol. The number of hydrogen-bond donors (Lipinski definition) is 1. The molecular formula is C15H16FN3O2. The third-order valence-electron chi connectivity index (χ3n) is 2.44. The zero-order valence-corrected chi connectivity index (χ0v) is 11.8. The standard InChI is InChI=1S/C13H10FN3O2.C2H6/c14-10-3-1-9(2-4-10)8-16-11-5-6-12(15)13(7-11)17(18)19;1-2/h1-8H,15H2;1-2H3. The average Bonchev–Trinajstić information content (AvgIpc) is 2.50. The first-order chi connectivity index (χ1) is 10.1. The molecule has 0 fully saturated rings. The fourth-order valence-electron chi connectivity index (χ4n) is 1.47. The van der Waals surface area contributed by atoms with Gasteiger partial charge in [0.2, 0.25) is 0 Å². The van der Waals surface area contributed by atoms with Gasteiger partial charge in [-0.2, -0.15) is 0 Å². The number of hydrogen-bond acceptors (Lipinski definition) is 4. The van der Waals surface area contributed by atoms with Crippen LogP contribution in [-0.4, -0.2) is 11.1 Å². The number of nitrogens with two attached hydrogens (primary N) is 1. The van der Waals surface area contributed by atoms with Crippen LogP contribution >= 0.6 is 0 Å². The van der Waals surface area contributed by atoms with E-state index in [0.29, 0.717) is 11.3 Å². The number of anilines is 1. The highest BCUT2D eigenvalue weighted by atomic mass is 19.1. The van der Waals surface area contributed by atoms with E-state index in [4.69, 9.17) is 5.73 Å². The van der Waals surface area contributed by atoms with Gasteiger partial charge >= 0.3 is 0 Å². The van der Waals surface area contributed by atoms with Crippen LogP contribution in [0.15, 0.2) is 47.5 Å². The number of aliphatic imine (C=N–C) groups is 1. The van der Waals surface area contributed by atoms with E-state index in [1.165, 1.54) is 30.5 Å². The van der Waals surface area contributed by atoms with E-state index in [0.717, 1.165) is 0 Å². The van der Waals surface area contributed by atoms with Gasteiger partial charge in [0.1, 0.15) is 11.5 Å². The Morgan fingerprint density at radius 3 is 2.38 bits per heavy atom. The third-order valence-corrected chi connectivity index (χ3v) is 2.44. The van der Waals surface area contributed by atoms with Crippen molar-refractivity contribution in [2.45, 2.75) is 13.8 Å². The van der Waals surface area contributed by atoms with Gasteiger partial charge < -0.3 is 5.73 Å². The quantitative estimate of drug-likeness (QED) is 0.400. The van der Waals surface area contributed by atoms with Gasteiger partial charge in [0, 0.05) is 12.3 Å². The first-order valence-corrected chi connectivity index (χ1v) is 6.40. The zero-order chi connectivity index (χ0) is 15.8. The van der Waals surface area contributed by atoms with Crippen LogP contribution in [0.3, 0.4) is 0 Å². The molecule has 0 spiro atoms. The van der Waals surface area contributed by atoms with Gasteiger partial charge in [-0.1, -0.05) is 26.0 Å². The number of nitro groups is 1. The van der Waals surface area contributed by atoms with Gasteiger partial charge in [0.05, 0.1) is 10.6 Å². The number of nitro benzene ring substituents is 1. The molecule has 21 heavy (non-hydrogen) atoms. The Kier molecular flexibility index (Phi) is 6.00. The van der Waals surface area contributed by atoms with Crippen molar-refractivity contribution in [3.63, 3.8) is 0 Å². The molecule has 2 N–H and O–H groups in total. The van der Waals surface area contributed by atoms with Crippen molar-refractivity contribution in [1.82, 2.24) is 0 Å². The molecule has 0 aliphatic rings. The molecule has 2 rings (SSSR count). The van der Waals surface area contributed by atoms with Gasteiger partial charge in [0.25, 0.3) is 5.69 Å². The highest BCUT2D eigenvalue weighted by Gasteiger charge is 2.11. The average molecular weight is 289 g/mol. The molecule has 2 aromatic rings. The number of nitrogen functional groups attached to an aromatic ring is 1. The second-order valence-electron chi connectivity index (χ2n) is 3.81. The van der Waals surface area contributed by atoms with Gasteiger partial charge in [-0.25, -0.2) is 4.39 Å². The summed E-state index contributed by atoms with van der Waals surface area (Å²) in [4.78, 5) is 14.2. The summed E-state index contributed by atoms with van der Waals surface area (Å²) in [6.45, 7) is 4.00. The monoisotopic (exact) mass is 289 g/mol. The molecule has 0 bridgehead atoms. The van der Waals surface area contributed by atoms with Gasteiger partial charge in [0.15, 0.2) is 0 Å². The molecule has 0 radical (unpaired) electrons. The maximum absolute atomic E-state index is 12.7. The summed E-state index contributed by atoms with van der Waals surface area (Å²) in [5, 5.41) is 10.7. The molecule has 6 heteroatoms. The molecule has 0 saturated carbocycles. The second-order valence-corrected chi connectivity index (χ2v) is 3.81. The summed E-state index contributed by atoms with van der Waals surface area (Å²) in [6, 6.07) is 10.0. The predicted octanol–water partition coefficient (Wildman–Crippen LogP) is 4.09. The molecule has 0 heterocycles. The van der Waals surface area contributed by atoms with Crippen LogP contribution in [0.5, 0.6) is 0 Å². The van der Waals surface area contributed by atoms with Crippen LogP contribution in [0.1, 0.15) is 19.4 Å². The lowest BCUT2D eigenvalue weighted by Gasteiger charge is -1.98. The largest absolute Gasteiger partial charge is 0.393 e. The Morgan fingerprint density at radius 1 is 1.19 bits per heavy atom. The Labute approximate surface area is 122 Å². The SMILES string of the molecule is CC.Nc1ccc(N=Cc2ccc(F)cc2)cc1[N+](=O)[O-]. The lowest BCUT2D eigenvalue weighted by Crippen LogP contribution is -1.94. The molecule has 0 aromatic heterocycles. The first-order valence-electron chi connectivity index (χ1n) is 6.40. The molecule has 5 nitrogen and oxygen atoms in total. The lowest BCUT2D eigenvalue weighted by molar-refractivity contribution is -0.383. The summed E-state index contributed by atoms with van der Waals surface area (Å²) in [6.07, 6.45) is 1.49. The minimum Gasteiger partial charge on any atom is -0.393 e. The summed E-state index contributed by atoms with van der Waals surface area (Å²) >= 11 is 0. The molecule has 2 aromatic carbocycles. The zero-order valence-electron chi connectivity index (χ0n) is 11.8. The maximum atomic E-state index is 12.7. The Balaban J connectivity index is 0.00000106. The van der Waals surface area contributed by atoms with Crippen molar-refractivity contribution in [1.29, 1.82) is 0 Å². The lowest BCUT2D eigenvalue weighted by atomic mass is 10.2. The molecule has 0 atom stereocenters. The van der Waals surface area contributed by atoms with Crippen LogP contribution in [0.2, 0.25) is 0 Å². The van der Waals surface area contributed by atoms with Crippen LogP contribution in [0.25, 0.3) is 0 Å². The second kappa shape index (κ2) is 7.74. The van der Waals surface area contributed by atoms with Crippen molar-refractivity contribution < 1.29 is 9.31 Å². The first kappa shape index (κ1) is 16.3. The van der Waals surface area contributed by atoms with E-state index >= 15 is 0 Å². The Hall–Kier alpha value is -2.76. The van der Waals surface area contributed by atoms with Crippen molar-refractivity contribution in [3.8, 4) is 0 Å². The normalized spacial score (nSPS) is 10.0. The van der Waals surface area contributed by atoms with Crippen molar-refractivity contribution in [3.05, 3.63) is 64.0 Å². The van der Waals surface area contributed by atoms with E-state index in [1.807, 2.05) is 13.8 Å². The summed E-state index contributed by atoms with van der Waals surface area (Å²) in [5.41, 5.74) is 6.48. The molecular weight excluding hydrogens is 273 g/mol. The van der Waals surface area contributed by atoms with Crippen LogP contribution in [0, 0.1) is 15.9 Å². The minimum atomic E-state index is -0.563. The maximum Gasteiger partial charge on any atom is 0.294 e.